The van der Waals surface area contributed by atoms with Crippen LogP contribution in [-0.4, -0.2) is 41.1 Å². The highest BCUT2D eigenvalue weighted by molar-refractivity contribution is 7.99. The van der Waals surface area contributed by atoms with Gasteiger partial charge in [-0.25, -0.2) is 10.4 Å². The first-order chi connectivity index (χ1) is 14.1. The predicted octanol–water partition coefficient (Wildman–Crippen LogP) is 4.26. The monoisotopic (exact) mass is 432 g/mol. The van der Waals surface area contributed by atoms with Gasteiger partial charge in [-0.1, -0.05) is 35.5 Å². The third-order valence-electron chi connectivity index (χ3n) is 3.73. The van der Waals surface area contributed by atoms with E-state index in [1.807, 2.05) is 38.1 Å². The third kappa shape index (κ3) is 5.65. The highest BCUT2D eigenvalue weighted by Gasteiger charge is 2.12. The van der Waals surface area contributed by atoms with E-state index >= 15 is 0 Å². The summed E-state index contributed by atoms with van der Waals surface area (Å²) >= 11 is 7.58. The molecule has 0 atom stereocenters. The number of aromatic nitrogens is 2. The van der Waals surface area contributed by atoms with E-state index in [9.17, 15) is 4.79 Å². The number of hydrazone groups is 1. The zero-order valence-electron chi connectivity index (χ0n) is 16.1. The van der Waals surface area contributed by atoms with Crippen LogP contribution in [0.4, 0.5) is 0 Å². The number of hydrogen-bond donors (Lipinski definition) is 2. The van der Waals surface area contributed by atoms with Crippen molar-refractivity contribution in [1.82, 2.24) is 15.4 Å². The van der Waals surface area contributed by atoms with Gasteiger partial charge >= 0.3 is 0 Å². The van der Waals surface area contributed by atoms with Gasteiger partial charge in [0.15, 0.2) is 16.7 Å². The fourth-order valence-corrected chi connectivity index (χ4v) is 3.50. The molecule has 0 radical (unpaired) electrons. The van der Waals surface area contributed by atoms with Crippen LogP contribution in [0, 0.1) is 0 Å². The Kier molecular flexibility index (Phi) is 7.37. The number of benzene rings is 2. The Bertz CT molecular complexity index is 989. The van der Waals surface area contributed by atoms with E-state index < -0.39 is 0 Å². The van der Waals surface area contributed by atoms with Crippen LogP contribution in [-0.2, 0) is 4.79 Å². The van der Waals surface area contributed by atoms with Gasteiger partial charge in [-0.15, -0.1) is 0 Å². The van der Waals surface area contributed by atoms with Gasteiger partial charge in [0, 0.05) is 0 Å². The molecule has 2 aromatic carbocycles. The Morgan fingerprint density at radius 3 is 2.83 bits per heavy atom. The number of H-pyrrole nitrogens is 1. The van der Waals surface area contributed by atoms with E-state index in [-0.39, 0.29) is 11.7 Å². The molecule has 2 N–H and O–H groups in total. The number of imidazole rings is 1. The number of ether oxygens (including phenoxy) is 2. The molecule has 1 amide bonds. The molecule has 152 valence electrons. The molecule has 0 aliphatic heterocycles. The number of hydrogen-bond acceptors (Lipinski definition) is 6. The molecule has 0 aliphatic carbocycles. The van der Waals surface area contributed by atoms with Crippen molar-refractivity contribution in [3.63, 3.8) is 0 Å². The Hall–Kier alpha value is -2.71. The number of para-hydroxylation sites is 2. The number of nitrogens with one attached hydrogen (secondary N) is 2. The maximum absolute atomic E-state index is 12.0. The van der Waals surface area contributed by atoms with Gasteiger partial charge < -0.3 is 14.5 Å². The summed E-state index contributed by atoms with van der Waals surface area (Å²) in [6.45, 7) is 4.71. The topological polar surface area (TPSA) is 88.6 Å². The number of rotatable bonds is 9. The number of amides is 1. The summed E-state index contributed by atoms with van der Waals surface area (Å²) in [7, 11) is 0. The second-order valence-electron chi connectivity index (χ2n) is 5.84. The molecular formula is C20H21ClN4O3S. The third-order valence-corrected chi connectivity index (χ3v) is 4.88. The Labute approximate surface area is 177 Å². The summed E-state index contributed by atoms with van der Waals surface area (Å²) in [6, 6.07) is 11.2. The summed E-state index contributed by atoms with van der Waals surface area (Å²) in [5.74, 6) is 0.981. The predicted molar refractivity (Wildman–Crippen MR) is 116 cm³/mol. The second-order valence-corrected chi connectivity index (χ2v) is 7.21. The van der Waals surface area contributed by atoms with E-state index in [2.05, 4.69) is 20.5 Å². The fourth-order valence-electron chi connectivity index (χ4n) is 2.55. The van der Waals surface area contributed by atoms with Crippen LogP contribution in [0.1, 0.15) is 19.4 Å². The van der Waals surface area contributed by atoms with Gasteiger partial charge in [0.05, 0.1) is 41.2 Å². The molecule has 0 saturated carbocycles. The molecule has 3 rings (SSSR count). The van der Waals surface area contributed by atoms with Crippen molar-refractivity contribution in [2.75, 3.05) is 19.0 Å². The van der Waals surface area contributed by atoms with Crippen molar-refractivity contribution in [3.05, 3.63) is 47.0 Å². The number of carbonyl (C=O) groups is 1. The molecule has 0 bridgehead atoms. The smallest absolute Gasteiger partial charge is 0.250 e. The lowest BCUT2D eigenvalue weighted by Gasteiger charge is -2.13. The van der Waals surface area contributed by atoms with E-state index in [1.54, 1.807) is 12.1 Å². The lowest BCUT2D eigenvalue weighted by molar-refractivity contribution is -0.118. The lowest BCUT2D eigenvalue weighted by atomic mass is 10.2. The number of thioether (sulfide) groups is 1. The number of nitrogens with zero attached hydrogens (tertiary/aromatic N) is 2. The van der Waals surface area contributed by atoms with Gasteiger partial charge in [0.1, 0.15) is 0 Å². The van der Waals surface area contributed by atoms with Crippen molar-refractivity contribution in [1.29, 1.82) is 0 Å². The van der Waals surface area contributed by atoms with Gasteiger partial charge in [0.2, 0.25) is 0 Å². The largest absolute Gasteiger partial charge is 0.490 e. The molecule has 0 saturated heterocycles. The average Bonchev–Trinajstić information content (AvgIpc) is 3.12. The van der Waals surface area contributed by atoms with E-state index in [1.165, 1.54) is 18.0 Å². The first-order valence-electron chi connectivity index (χ1n) is 9.09. The molecular weight excluding hydrogens is 412 g/mol. The Morgan fingerprint density at radius 1 is 1.28 bits per heavy atom. The van der Waals surface area contributed by atoms with E-state index in [0.29, 0.717) is 40.5 Å². The fraction of sp³-hybridized carbons (Fsp3) is 0.250. The van der Waals surface area contributed by atoms with Gasteiger partial charge in [-0.2, -0.15) is 5.10 Å². The molecule has 0 unspecified atom stereocenters. The zero-order valence-corrected chi connectivity index (χ0v) is 17.6. The number of fused-ring (bicyclic) bond motifs is 1. The first kappa shape index (κ1) is 21.0. The average molecular weight is 433 g/mol. The summed E-state index contributed by atoms with van der Waals surface area (Å²) < 4.78 is 11.1. The van der Waals surface area contributed by atoms with Crippen LogP contribution in [0.2, 0.25) is 5.02 Å². The highest BCUT2D eigenvalue weighted by atomic mass is 35.5. The zero-order chi connectivity index (χ0) is 20.6. The molecule has 9 heteroatoms. The van der Waals surface area contributed by atoms with Crippen molar-refractivity contribution in [2.24, 2.45) is 5.10 Å². The minimum absolute atomic E-state index is 0.186. The quantitative estimate of drug-likeness (QED) is 0.299. The summed E-state index contributed by atoms with van der Waals surface area (Å²) in [5, 5.41) is 5.10. The Morgan fingerprint density at radius 2 is 2.07 bits per heavy atom. The molecule has 3 aromatic rings. The van der Waals surface area contributed by atoms with Crippen LogP contribution in [0.3, 0.4) is 0 Å². The van der Waals surface area contributed by atoms with Crippen LogP contribution in [0.25, 0.3) is 11.0 Å². The van der Waals surface area contributed by atoms with Gasteiger partial charge in [0.25, 0.3) is 5.91 Å². The SMILES string of the molecule is CCOc1cc(/C=N\NC(=O)CSc2nc3ccccc3[nH]2)cc(Cl)c1OCC. The molecule has 0 spiro atoms. The molecule has 7 nitrogen and oxygen atoms in total. The Balaban J connectivity index is 1.57. The standard InChI is InChI=1S/C20H21ClN4O3S/c1-3-27-17-10-13(9-14(21)19(17)28-4-2)11-22-25-18(26)12-29-20-23-15-7-5-6-8-16(15)24-20/h5-11H,3-4,12H2,1-2H3,(H,23,24)(H,25,26)/b22-11-. The molecule has 1 aromatic heterocycles. The number of carbonyl (C=O) groups excluding carboxylic acids is 1. The molecule has 0 fully saturated rings. The van der Waals surface area contributed by atoms with Crippen LogP contribution < -0.4 is 14.9 Å². The van der Waals surface area contributed by atoms with Crippen molar-refractivity contribution in [3.8, 4) is 11.5 Å². The second kappa shape index (κ2) is 10.2. The van der Waals surface area contributed by atoms with Gasteiger partial charge in [-0.05, 0) is 43.7 Å². The minimum atomic E-state index is -0.242. The summed E-state index contributed by atoms with van der Waals surface area (Å²) in [4.78, 5) is 19.6. The van der Waals surface area contributed by atoms with Crippen LogP contribution in [0.5, 0.6) is 11.5 Å². The van der Waals surface area contributed by atoms with E-state index in [0.717, 1.165) is 11.0 Å². The van der Waals surface area contributed by atoms with Gasteiger partial charge in [-0.3, -0.25) is 4.79 Å². The normalized spacial score (nSPS) is 11.1. The maximum Gasteiger partial charge on any atom is 0.250 e. The molecule has 29 heavy (non-hydrogen) atoms. The van der Waals surface area contributed by atoms with Crippen molar-refractivity contribution >= 4 is 46.5 Å². The maximum atomic E-state index is 12.0. The number of aromatic amines is 1. The van der Waals surface area contributed by atoms with Crippen molar-refractivity contribution < 1.29 is 14.3 Å². The van der Waals surface area contributed by atoms with Crippen molar-refractivity contribution in [2.45, 2.75) is 19.0 Å². The summed E-state index contributed by atoms with van der Waals surface area (Å²) in [6.07, 6.45) is 1.51. The van der Waals surface area contributed by atoms with E-state index in [4.69, 9.17) is 21.1 Å². The lowest BCUT2D eigenvalue weighted by Crippen LogP contribution is -2.19. The number of halogens is 1. The molecule has 1 heterocycles. The highest BCUT2D eigenvalue weighted by Crippen LogP contribution is 2.36. The summed E-state index contributed by atoms with van der Waals surface area (Å²) in [5.41, 5.74) is 4.99. The van der Waals surface area contributed by atoms with Crippen LogP contribution in [0.15, 0.2) is 46.7 Å². The van der Waals surface area contributed by atoms with Crippen LogP contribution >= 0.6 is 23.4 Å². The molecule has 0 aliphatic rings. The minimum Gasteiger partial charge on any atom is -0.490 e. The first-order valence-corrected chi connectivity index (χ1v) is 10.5.